The van der Waals surface area contributed by atoms with Crippen molar-refractivity contribution in [1.29, 1.82) is 0 Å². The van der Waals surface area contributed by atoms with Gasteiger partial charge in [-0.15, -0.1) is 0 Å². The smallest absolute Gasteiger partial charge is 0.00193 e. The van der Waals surface area contributed by atoms with Gasteiger partial charge in [0, 0.05) is 0 Å². The molecule has 140 valence electrons. The minimum Gasteiger partial charge on any atom is -0.0613 e. The van der Waals surface area contributed by atoms with Crippen molar-refractivity contribution in [2.75, 3.05) is 0 Å². The zero-order valence-electron chi connectivity index (χ0n) is 17.3. The molecule has 0 atom stereocenters. The van der Waals surface area contributed by atoms with E-state index in [4.69, 9.17) is 0 Å². The van der Waals surface area contributed by atoms with E-state index in [9.17, 15) is 0 Å². The van der Waals surface area contributed by atoms with E-state index in [-0.39, 0.29) is 0 Å². The highest BCUT2D eigenvalue weighted by atomic mass is 14.1. The molecule has 0 saturated heterocycles. The number of benzene rings is 4. The maximum Gasteiger partial charge on any atom is -0.00193 e. The van der Waals surface area contributed by atoms with E-state index in [1.165, 1.54) is 55.3 Å². The molecule has 0 bridgehead atoms. The molecule has 4 aromatic rings. The Morgan fingerprint density at radius 3 is 1.29 bits per heavy atom. The minimum atomic E-state index is 0.976. The molecule has 28 heavy (non-hydrogen) atoms. The molecule has 0 amide bonds. The summed E-state index contributed by atoms with van der Waals surface area (Å²) in [5.74, 6) is 0. The number of aryl methyl sites for hydroxylation is 4. The van der Waals surface area contributed by atoms with Crippen LogP contribution in [-0.2, 0) is 12.8 Å². The highest BCUT2D eigenvalue weighted by molar-refractivity contribution is 5.89. The fraction of sp³-hybridized carbons (Fsp3) is 0.214. The van der Waals surface area contributed by atoms with Crippen LogP contribution in [0.2, 0.25) is 0 Å². The van der Waals surface area contributed by atoms with Crippen molar-refractivity contribution in [1.82, 2.24) is 0 Å². The molecule has 0 unspecified atom stereocenters. The van der Waals surface area contributed by atoms with E-state index in [0.29, 0.717) is 0 Å². The second-order valence-corrected chi connectivity index (χ2v) is 8.28. The molecule has 0 fully saturated rings. The maximum atomic E-state index is 2.32. The molecule has 0 aromatic heterocycles. The lowest BCUT2D eigenvalue weighted by Crippen LogP contribution is -1.97. The molecule has 0 aliphatic carbocycles. The van der Waals surface area contributed by atoms with E-state index in [2.05, 4.69) is 100 Å². The predicted octanol–water partition coefficient (Wildman–Crippen LogP) is 7.26. The molecule has 0 heterocycles. The Bertz CT molecular complexity index is 1020. The maximum absolute atomic E-state index is 2.32. The standard InChI is InChI=1S/C28H28/c1-19-11-20(2)14-23(13-19)17-26-9-5-7-25-8-6-10-27(28(25)26)18-24-15-21(3)12-22(4)16-24/h5-16H,17-18H2,1-4H3. The van der Waals surface area contributed by atoms with Crippen LogP contribution in [0, 0.1) is 27.7 Å². The predicted molar refractivity (Wildman–Crippen MR) is 121 cm³/mol. The lowest BCUT2D eigenvalue weighted by Gasteiger charge is -2.14. The first-order valence-corrected chi connectivity index (χ1v) is 10.1. The third kappa shape index (κ3) is 4.02. The molecular formula is C28H28. The highest BCUT2D eigenvalue weighted by Gasteiger charge is 2.09. The van der Waals surface area contributed by atoms with Crippen LogP contribution < -0.4 is 0 Å². The SMILES string of the molecule is Cc1cc(C)cc(Cc2cccc3cccc(Cc4cc(C)cc(C)c4)c23)c1. The molecule has 0 nitrogen and oxygen atoms in total. The van der Waals surface area contributed by atoms with E-state index >= 15 is 0 Å². The number of fused-ring (bicyclic) bond motifs is 1. The van der Waals surface area contributed by atoms with Crippen LogP contribution in [0.3, 0.4) is 0 Å². The average molecular weight is 365 g/mol. The summed E-state index contributed by atoms with van der Waals surface area (Å²) in [6, 6.07) is 27.2. The Hall–Kier alpha value is -2.86. The van der Waals surface area contributed by atoms with Crippen LogP contribution in [0.15, 0.2) is 72.8 Å². The zero-order valence-corrected chi connectivity index (χ0v) is 17.3. The second-order valence-electron chi connectivity index (χ2n) is 8.28. The second kappa shape index (κ2) is 7.64. The molecule has 0 aliphatic rings. The molecule has 0 aliphatic heterocycles. The van der Waals surface area contributed by atoms with Crippen LogP contribution in [0.4, 0.5) is 0 Å². The summed E-state index contributed by atoms with van der Waals surface area (Å²) in [4.78, 5) is 0. The van der Waals surface area contributed by atoms with Crippen LogP contribution in [0.5, 0.6) is 0 Å². The largest absolute Gasteiger partial charge is 0.0613 e. The van der Waals surface area contributed by atoms with Gasteiger partial charge in [-0.25, -0.2) is 0 Å². The molecule has 4 rings (SSSR count). The normalized spacial score (nSPS) is 11.1. The van der Waals surface area contributed by atoms with Gasteiger partial charge in [-0.05, 0) is 73.6 Å². The quantitative estimate of drug-likeness (QED) is 0.357. The molecule has 4 aromatic carbocycles. The Morgan fingerprint density at radius 2 is 0.893 bits per heavy atom. The van der Waals surface area contributed by atoms with E-state index in [1.807, 2.05) is 0 Å². The van der Waals surface area contributed by atoms with Crippen LogP contribution in [0.1, 0.15) is 44.5 Å². The minimum absolute atomic E-state index is 0.976. The summed E-state index contributed by atoms with van der Waals surface area (Å²) in [6.45, 7) is 8.74. The van der Waals surface area contributed by atoms with Crippen molar-refractivity contribution in [3.05, 3.63) is 117 Å². The number of rotatable bonds is 4. The van der Waals surface area contributed by atoms with Gasteiger partial charge in [0.2, 0.25) is 0 Å². The first kappa shape index (κ1) is 18.5. The molecule has 0 heteroatoms. The monoisotopic (exact) mass is 364 g/mol. The molecule has 0 N–H and O–H groups in total. The van der Waals surface area contributed by atoms with E-state index < -0.39 is 0 Å². The van der Waals surface area contributed by atoms with Gasteiger partial charge >= 0.3 is 0 Å². The summed E-state index contributed by atoms with van der Waals surface area (Å²) < 4.78 is 0. The van der Waals surface area contributed by atoms with Gasteiger partial charge in [-0.2, -0.15) is 0 Å². The fourth-order valence-electron chi connectivity index (χ4n) is 4.58. The van der Waals surface area contributed by atoms with Crippen LogP contribution in [0.25, 0.3) is 10.8 Å². The fourth-order valence-corrected chi connectivity index (χ4v) is 4.58. The van der Waals surface area contributed by atoms with Gasteiger partial charge in [0.05, 0.1) is 0 Å². The van der Waals surface area contributed by atoms with Crippen molar-refractivity contribution in [2.45, 2.75) is 40.5 Å². The van der Waals surface area contributed by atoms with Crippen LogP contribution in [-0.4, -0.2) is 0 Å². The molecular weight excluding hydrogens is 336 g/mol. The third-order valence-corrected chi connectivity index (χ3v) is 5.43. The third-order valence-electron chi connectivity index (χ3n) is 5.43. The lowest BCUT2D eigenvalue weighted by atomic mass is 9.91. The summed E-state index contributed by atoms with van der Waals surface area (Å²) in [6.07, 6.45) is 1.95. The van der Waals surface area contributed by atoms with Crippen molar-refractivity contribution < 1.29 is 0 Å². The topological polar surface area (TPSA) is 0 Å². The summed E-state index contributed by atoms with van der Waals surface area (Å²) in [5, 5.41) is 2.76. The van der Waals surface area contributed by atoms with Crippen LogP contribution >= 0.6 is 0 Å². The Kier molecular flexibility index (Phi) is 5.05. The Balaban J connectivity index is 1.79. The van der Waals surface area contributed by atoms with E-state index in [1.54, 1.807) is 0 Å². The van der Waals surface area contributed by atoms with Crippen molar-refractivity contribution >= 4 is 10.8 Å². The number of hydrogen-bond donors (Lipinski definition) is 0. The van der Waals surface area contributed by atoms with Crippen molar-refractivity contribution in [3.8, 4) is 0 Å². The Morgan fingerprint density at radius 1 is 0.500 bits per heavy atom. The summed E-state index contributed by atoms with van der Waals surface area (Å²) >= 11 is 0. The van der Waals surface area contributed by atoms with Gasteiger partial charge in [0.25, 0.3) is 0 Å². The van der Waals surface area contributed by atoms with Gasteiger partial charge in [0.15, 0.2) is 0 Å². The van der Waals surface area contributed by atoms with Crippen molar-refractivity contribution in [2.24, 2.45) is 0 Å². The highest BCUT2D eigenvalue weighted by Crippen LogP contribution is 2.28. The molecule has 0 spiro atoms. The van der Waals surface area contributed by atoms with Gasteiger partial charge < -0.3 is 0 Å². The molecule has 0 radical (unpaired) electrons. The first-order chi connectivity index (χ1) is 13.5. The van der Waals surface area contributed by atoms with Gasteiger partial charge in [-0.3, -0.25) is 0 Å². The number of hydrogen-bond acceptors (Lipinski definition) is 0. The van der Waals surface area contributed by atoms with E-state index in [0.717, 1.165) is 12.8 Å². The van der Waals surface area contributed by atoms with Gasteiger partial charge in [-0.1, -0.05) is 95.1 Å². The first-order valence-electron chi connectivity index (χ1n) is 10.1. The van der Waals surface area contributed by atoms with Gasteiger partial charge in [0.1, 0.15) is 0 Å². The Labute approximate surface area is 168 Å². The zero-order chi connectivity index (χ0) is 19.7. The van der Waals surface area contributed by atoms with Crippen molar-refractivity contribution in [3.63, 3.8) is 0 Å². The molecule has 0 saturated carbocycles. The summed E-state index contributed by atoms with van der Waals surface area (Å²) in [7, 11) is 0. The summed E-state index contributed by atoms with van der Waals surface area (Å²) in [5.41, 5.74) is 11.0. The average Bonchev–Trinajstić information content (AvgIpc) is 2.60. The lowest BCUT2D eigenvalue weighted by molar-refractivity contribution is 1.15.